The molecular formula is C22H24F2N6O2. The van der Waals surface area contributed by atoms with Gasteiger partial charge >= 0.3 is 0 Å². The molecule has 2 saturated heterocycles. The van der Waals surface area contributed by atoms with Gasteiger partial charge in [-0.1, -0.05) is 0 Å². The summed E-state index contributed by atoms with van der Waals surface area (Å²) in [6, 6.07) is 6.04. The number of alkyl halides is 2. The maximum atomic E-state index is 13.7. The van der Waals surface area contributed by atoms with Crippen molar-refractivity contribution in [2.45, 2.75) is 37.4 Å². The van der Waals surface area contributed by atoms with E-state index in [0.29, 0.717) is 24.4 Å². The van der Waals surface area contributed by atoms with Gasteiger partial charge in [-0.2, -0.15) is 5.26 Å². The van der Waals surface area contributed by atoms with Gasteiger partial charge in [-0.05, 0) is 36.6 Å². The highest BCUT2D eigenvalue weighted by Gasteiger charge is 2.42. The molecule has 3 atom stereocenters. The fourth-order valence-corrected chi connectivity index (χ4v) is 4.46. The summed E-state index contributed by atoms with van der Waals surface area (Å²) in [5.41, 5.74) is 0.768. The number of ether oxygens (including phenoxy) is 1. The Morgan fingerprint density at radius 3 is 2.62 bits per heavy atom. The molecule has 1 N–H and O–H groups in total. The third-order valence-corrected chi connectivity index (χ3v) is 6.03. The van der Waals surface area contributed by atoms with E-state index in [0.717, 1.165) is 18.7 Å². The Morgan fingerprint density at radius 2 is 2.03 bits per heavy atom. The molecule has 32 heavy (non-hydrogen) atoms. The zero-order chi connectivity index (χ0) is 22.7. The minimum Gasteiger partial charge on any atom is -0.495 e. The first-order valence-corrected chi connectivity index (χ1v) is 10.4. The lowest BCUT2D eigenvalue weighted by Crippen LogP contribution is -2.57. The summed E-state index contributed by atoms with van der Waals surface area (Å²) in [5.74, 6) is 0.964. The molecule has 2 aliphatic rings. The van der Waals surface area contributed by atoms with Gasteiger partial charge in [-0.3, -0.25) is 15.1 Å². The lowest BCUT2D eigenvalue weighted by atomic mass is 10.1. The average molecular weight is 442 g/mol. The van der Waals surface area contributed by atoms with Crippen molar-refractivity contribution in [3.63, 3.8) is 0 Å². The first-order chi connectivity index (χ1) is 15.5. The number of methoxy groups -OCH3 is 1. The van der Waals surface area contributed by atoms with E-state index >= 15 is 0 Å². The number of carbonyl (C=O) groups excluding carboxylic acids is 1. The summed E-state index contributed by atoms with van der Waals surface area (Å²) in [7, 11) is 1.44. The number of piperazine rings is 1. The van der Waals surface area contributed by atoms with E-state index in [2.05, 4.69) is 26.3 Å². The third kappa shape index (κ3) is 4.48. The van der Waals surface area contributed by atoms with Crippen LogP contribution in [0, 0.1) is 11.3 Å². The van der Waals surface area contributed by atoms with Crippen molar-refractivity contribution in [3.8, 4) is 11.8 Å². The van der Waals surface area contributed by atoms with Crippen LogP contribution in [-0.4, -0.2) is 66.0 Å². The van der Waals surface area contributed by atoms with Crippen molar-refractivity contribution in [3.05, 3.63) is 47.9 Å². The maximum Gasteiger partial charge on any atom is 0.257 e. The van der Waals surface area contributed by atoms with Gasteiger partial charge in [0.2, 0.25) is 5.91 Å². The number of nitrogens with one attached hydrogen (secondary N) is 1. The zero-order valence-electron chi connectivity index (χ0n) is 17.6. The molecule has 1 amide bonds. The van der Waals surface area contributed by atoms with Gasteiger partial charge in [0.1, 0.15) is 17.6 Å². The van der Waals surface area contributed by atoms with Crippen LogP contribution in [0.5, 0.6) is 5.75 Å². The van der Waals surface area contributed by atoms with Crippen molar-refractivity contribution in [2.75, 3.05) is 31.6 Å². The van der Waals surface area contributed by atoms with Gasteiger partial charge in [-0.15, -0.1) is 0 Å². The third-order valence-electron chi connectivity index (χ3n) is 6.03. The summed E-state index contributed by atoms with van der Waals surface area (Å²) in [6.45, 7) is 0.832. The van der Waals surface area contributed by atoms with Gasteiger partial charge in [-0.25, -0.2) is 13.8 Å². The van der Waals surface area contributed by atoms with Gasteiger partial charge < -0.3 is 14.5 Å². The molecule has 4 rings (SSSR count). The molecule has 0 aliphatic carbocycles. The number of nitriles is 1. The number of halogens is 2. The minimum absolute atomic E-state index is 0.117. The zero-order valence-corrected chi connectivity index (χ0v) is 17.6. The molecule has 0 spiro atoms. The monoisotopic (exact) mass is 442 g/mol. The smallest absolute Gasteiger partial charge is 0.257 e. The molecule has 2 aromatic rings. The number of pyridine rings is 2. The van der Waals surface area contributed by atoms with Crippen LogP contribution in [0.25, 0.3) is 0 Å². The molecule has 2 aromatic heterocycles. The molecule has 0 saturated carbocycles. The highest BCUT2D eigenvalue weighted by molar-refractivity contribution is 5.79. The second-order valence-corrected chi connectivity index (χ2v) is 7.96. The van der Waals surface area contributed by atoms with Crippen LogP contribution in [0.2, 0.25) is 0 Å². The normalized spacial score (nSPS) is 20.8. The number of aromatic nitrogens is 2. The summed E-state index contributed by atoms with van der Waals surface area (Å²) >= 11 is 0. The first-order valence-electron chi connectivity index (χ1n) is 10.4. The van der Waals surface area contributed by atoms with E-state index in [9.17, 15) is 13.6 Å². The van der Waals surface area contributed by atoms with Crippen molar-refractivity contribution >= 4 is 11.7 Å². The molecule has 0 radical (unpaired) electrons. The predicted molar refractivity (Wildman–Crippen MR) is 112 cm³/mol. The summed E-state index contributed by atoms with van der Waals surface area (Å²) in [5, 5.41) is 11.7. The fourth-order valence-electron chi connectivity index (χ4n) is 4.46. The highest BCUT2D eigenvalue weighted by Crippen LogP contribution is 2.34. The lowest BCUT2D eigenvalue weighted by Gasteiger charge is -2.42. The van der Waals surface area contributed by atoms with Crippen LogP contribution in [0.1, 0.15) is 30.0 Å². The summed E-state index contributed by atoms with van der Waals surface area (Å²) < 4.78 is 32.4. The quantitative estimate of drug-likeness (QED) is 0.702. The number of amides is 1. The molecule has 0 aromatic carbocycles. The van der Waals surface area contributed by atoms with Crippen molar-refractivity contribution < 1.29 is 18.3 Å². The number of anilines is 1. The van der Waals surface area contributed by atoms with Crippen LogP contribution in [-0.2, 0) is 4.79 Å². The Bertz CT molecular complexity index is 983. The van der Waals surface area contributed by atoms with Crippen LogP contribution in [0.4, 0.5) is 14.6 Å². The van der Waals surface area contributed by atoms with Crippen LogP contribution in [0.15, 0.2) is 36.8 Å². The second kappa shape index (κ2) is 9.44. The standard InChI is InChI=1S/C22H24F2N6O2/c1-32-18-6-15(9-26-10-18)21(22(23)24)28-11-20(31)29-12-16-3-4-17(13-29)30(16)19-5-2-14(7-25)8-27-19/h2,5-6,8-10,16-17,21-22,28H,3-4,11-13H2,1H3. The number of likely N-dealkylation sites (tertiary alicyclic amines) is 1. The largest absolute Gasteiger partial charge is 0.495 e. The van der Waals surface area contributed by atoms with Crippen molar-refractivity contribution in [1.82, 2.24) is 20.2 Å². The number of carbonyl (C=O) groups is 1. The molecule has 168 valence electrons. The molecule has 4 heterocycles. The molecule has 2 aliphatic heterocycles. The van der Waals surface area contributed by atoms with Crippen molar-refractivity contribution in [1.29, 1.82) is 5.26 Å². The molecule has 2 fully saturated rings. The van der Waals surface area contributed by atoms with Crippen LogP contribution < -0.4 is 15.0 Å². The number of rotatable bonds is 7. The van der Waals surface area contributed by atoms with Crippen molar-refractivity contribution in [2.24, 2.45) is 0 Å². The van der Waals surface area contributed by atoms with Crippen LogP contribution >= 0.6 is 0 Å². The number of fused-ring (bicyclic) bond motifs is 2. The second-order valence-electron chi connectivity index (χ2n) is 7.96. The highest BCUT2D eigenvalue weighted by atomic mass is 19.3. The lowest BCUT2D eigenvalue weighted by molar-refractivity contribution is -0.131. The number of hydrogen-bond donors (Lipinski definition) is 1. The minimum atomic E-state index is -2.70. The SMILES string of the molecule is COc1cncc(C(NCC(=O)N2CC3CCC(C2)N3c2ccc(C#N)cn2)C(F)F)c1. The van der Waals surface area contributed by atoms with Gasteiger partial charge in [0.15, 0.2) is 0 Å². The fraction of sp³-hybridized carbons (Fsp3) is 0.455. The van der Waals surface area contributed by atoms with Gasteiger partial charge in [0.05, 0.1) is 31.5 Å². The summed E-state index contributed by atoms with van der Waals surface area (Å²) in [4.78, 5) is 25.1. The Balaban J connectivity index is 1.39. The number of nitrogens with zero attached hydrogens (tertiary/aromatic N) is 5. The Labute approximate surface area is 184 Å². The van der Waals surface area contributed by atoms with Gasteiger partial charge in [0, 0.05) is 37.6 Å². The average Bonchev–Trinajstić information content (AvgIpc) is 3.07. The Morgan fingerprint density at radius 1 is 1.28 bits per heavy atom. The first kappa shape index (κ1) is 21.9. The molecule has 10 heteroatoms. The maximum absolute atomic E-state index is 13.7. The molecule has 8 nitrogen and oxygen atoms in total. The van der Waals surface area contributed by atoms with E-state index in [4.69, 9.17) is 10.00 Å². The summed E-state index contributed by atoms with van der Waals surface area (Å²) in [6.07, 6.45) is 3.49. The van der Waals surface area contributed by atoms with E-state index in [1.165, 1.54) is 25.6 Å². The van der Waals surface area contributed by atoms with E-state index in [1.54, 1.807) is 17.2 Å². The Kier molecular flexibility index (Phi) is 6.46. The predicted octanol–water partition coefficient (Wildman–Crippen LogP) is 2.13. The molecular weight excluding hydrogens is 418 g/mol. The van der Waals surface area contributed by atoms with Crippen LogP contribution in [0.3, 0.4) is 0 Å². The number of hydrogen-bond acceptors (Lipinski definition) is 7. The van der Waals surface area contributed by atoms with E-state index in [1.807, 2.05) is 6.07 Å². The topological polar surface area (TPSA) is 94.4 Å². The molecule has 3 unspecified atom stereocenters. The van der Waals surface area contributed by atoms with E-state index in [-0.39, 0.29) is 30.1 Å². The molecule has 2 bridgehead atoms. The van der Waals surface area contributed by atoms with Gasteiger partial charge in [0.25, 0.3) is 6.43 Å². The van der Waals surface area contributed by atoms with E-state index < -0.39 is 12.5 Å². The Hall–Kier alpha value is -3.32.